The molecule has 0 amide bonds. The molecule has 67 heavy (non-hydrogen) atoms. The zero-order valence-corrected chi connectivity index (χ0v) is 37.4. The lowest BCUT2D eigenvalue weighted by Crippen LogP contribution is -2.09. The number of hydrogen-bond acceptors (Lipinski definition) is 2. The molecule has 0 bridgehead atoms. The average Bonchev–Trinajstić information content (AvgIpc) is 3.97. The van der Waals surface area contributed by atoms with Crippen molar-refractivity contribution < 1.29 is 0 Å². The Hall–Kier alpha value is -8.50. The molecule has 13 rings (SSSR count). The Morgan fingerprint density at radius 2 is 0.731 bits per heavy atom. The van der Waals surface area contributed by atoms with Crippen LogP contribution in [-0.4, -0.2) is 4.57 Å². The molecule has 314 valence electrons. The van der Waals surface area contributed by atoms with Gasteiger partial charge < -0.3 is 9.47 Å². The van der Waals surface area contributed by atoms with Crippen molar-refractivity contribution in [1.29, 1.82) is 0 Å². The van der Waals surface area contributed by atoms with Gasteiger partial charge >= 0.3 is 0 Å². The third-order valence-corrected chi connectivity index (χ3v) is 14.5. The van der Waals surface area contributed by atoms with Gasteiger partial charge in [0.05, 0.1) is 11.2 Å². The Bertz CT molecular complexity index is 3930. The fourth-order valence-electron chi connectivity index (χ4n) is 10.3. The average molecular weight is 871 g/mol. The van der Waals surface area contributed by atoms with Crippen LogP contribution in [-0.2, 0) is 0 Å². The molecule has 0 unspecified atom stereocenters. The van der Waals surface area contributed by atoms with Gasteiger partial charge in [0.1, 0.15) is 0 Å². The number of thiophene rings is 1. The van der Waals surface area contributed by atoms with Gasteiger partial charge in [-0.3, -0.25) is 0 Å². The topological polar surface area (TPSA) is 8.17 Å². The van der Waals surface area contributed by atoms with Gasteiger partial charge in [-0.15, -0.1) is 11.3 Å². The van der Waals surface area contributed by atoms with E-state index in [1.807, 2.05) is 11.3 Å². The summed E-state index contributed by atoms with van der Waals surface area (Å²) in [6, 6.07) is 93.0. The van der Waals surface area contributed by atoms with Gasteiger partial charge in [0.15, 0.2) is 0 Å². The molecule has 0 saturated heterocycles. The summed E-state index contributed by atoms with van der Waals surface area (Å²) in [6.07, 6.45) is 0. The normalized spacial score (nSPS) is 11.6. The molecular formula is C64H42N2S. The molecule has 0 fully saturated rings. The molecule has 0 aliphatic rings. The number of fused-ring (bicyclic) bond motifs is 9. The van der Waals surface area contributed by atoms with E-state index < -0.39 is 0 Å². The number of hydrogen-bond donors (Lipinski definition) is 0. The molecule has 11 aromatic carbocycles. The van der Waals surface area contributed by atoms with Crippen LogP contribution in [0.3, 0.4) is 0 Å². The van der Waals surface area contributed by atoms with Crippen molar-refractivity contribution >= 4 is 81.0 Å². The van der Waals surface area contributed by atoms with Crippen LogP contribution >= 0.6 is 11.3 Å². The fraction of sp³-hybridized carbons (Fsp3) is 0. The Kier molecular flexibility index (Phi) is 9.40. The predicted molar refractivity (Wildman–Crippen MR) is 288 cm³/mol. The lowest BCUT2D eigenvalue weighted by atomic mass is 9.92. The highest BCUT2D eigenvalue weighted by Gasteiger charge is 2.25. The van der Waals surface area contributed by atoms with Crippen molar-refractivity contribution in [3.8, 4) is 50.3 Å². The third-order valence-electron chi connectivity index (χ3n) is 13.4. The molecule has 0 spiro atoms. The van der Waals surface area contributed by atoms with Crippen molar-refractivity contribution in [3.63, 3.8) is 0 Å². The van der Waals surface area contributed by atoms with Gasteiger partial charge in [0, 0.05) is 59.3 Å². The third kappa shape index (κ3) is 6.63. The minimum atomic E-state index is 1.10. The van der Waals surface area contributed by atoms with Crippen LogP contribution < -0.4 is 4.90 Å². The first kappa shape index (κ1) is 38.9. The summed E-state index contributed by atoms with van der Waals surface area (Å²) in [4.78, 5) is 2.38. The van der Waals surface area contributed by atoms with Crippen molar-refractivity contribution in [2.75, 3.05) is 4.90 Å². The number of anilines is 3. The molecule has 0 N–H and O–H groups in total. The SMILES string of the molecule is c1ccc(-c2ccc(N(c3ccc(-c4ccc(-n5c(-c6ccccc6)c(-c6ccccc6)c6c7ccccc7c7ccccc7c65)cc4)cc3)c3ccc4c(c3)sc3ccccc34)cc2)cc1. The zero-order chi connectivity index (χ0) is 44.3. The van der Waals surface area contributed by atoms with E-state index in [2.05, 4.69) is 264 Å². The Morgan fingerprint density at radius 1 is 0.299 bits per heavy atom. The van der Waals surface area contributed by atoms with Crippen molar-refractivity contribution in [2.24, 2.45) is 0 Å². The summed E-state index contributed by atoms with van der Waals surface area (Å²) in [5, 5.41) is 8.89. The monoisotopic (exact) mass is 870 g/mol. The van der Waals surface area contributed by atoms with Crippen LogP contribution in [0.25, 0.3) is 103 Å². The second-order valence-electron chi connectivity index (χ2n) is 17.2. The van der Waals surface area contributed by atoms with Crippen LogP contribution in [0.4, 0.5) is 17.1 Å². The van der Waals surface area contributed by atoms with Crippen LogP contribution in [0.2, 0.25) is 0 Å². The molecule has 2 heterocycles. The van der Waals surface area contributed by atoms with Crippen LogP contribution in [0.15, 0.2) is 255 Å². The number of rotatable bonds is 8. The highest BCUT2D eigenvalue weighted by Crippen LogP contribution is 2.49. The standard InChI is InChI=1S/C64H42N2S/c1-4-16-43(17-5-1)44-28-34-49(35-29-44)65(52-40-41-56-55-24-14-15-27-59(55)67-60(56)42-52)50-36-30-45(31-37-50)46-32-38-51(39-33-46)66-63(48-20-8-3-9-21-48)61(47-18-6-2-7-19-47)62-57-25-12-10-22-53(57)54-23-11-13-26-58(54)64(62)66/h1-42H. The summed E-state index contributed by atoms with van der Waals surface area (Å²) < 4.78 is 5.11. The number of aromatic nitrogens is 1. The second-order valence-corrected chi connectivity index (χ2v) is 18.3. The smallest absolute Gasteiger partial charge is 0.0626 e. The molecule has 0 radical (unpaired) electrons. The van der Waals surface area contributed by atoms with Crippen LogP contribution in [0, 0.1) is 0 Å². The van der Waals surface area contributed by atoms with Gasteiger partial charge in [-0.25, -0.2) is 0 Å². The van der Waals surface area contributed by atoms with Crippen LogP contribution in [0.1, 0.15) is 0 Å². The highest BCUT2D eigenvalue weighted by atomic mass is 32.1. The van der Waals surface area contributed by atoms with Crippen molar-refractivity contribution in [3.05, 3.63) is 255 Å². The predicted octanol–water partition coefficient (Wildman–Crippen LogP) is 18.4. The van der Waals surface area contributed by atoms with Gasteiger partial charge in [-0.05, 0) is 104 Å². The van der Waals surface area contributed by atoms with E-state index in [1.165, 1.54) is 86.1 Å². The van der Waals surface area contributed by atoms with Crippen LogP contribution in [0.5, 0.6) is 0 Å². The number of nitrogens with zero attached hydrogens (tertiary/aromatic N) is 2. The summed E-state index contributed by atoms with van der Waals surface area (Å²) >= 11 is 1.85. The van der Waals surface area contributed by atoms with Gasteiger partial charge in [0.25, 0.3) is 0 Å². The first-order valence-corrected chi connectivity index (χ1v) is 23.7. The molecule has 13 aromatic rings. The highest BCUT2D eigenvalue weighted by molar-refractivity contribution is 7.25. The Morgan fingerprint density at radius 3 is 1.34 bits per heavy atom. The molecule has 0 atom stereocenters. The fourth-order valence-corrected chi connectivity index (χ4v) is 11.4. The molecule has 0 aliphatic carbocycles. The molecule has 0 saturated carbocycles. The first-order chi connectivity index (χ1) is 33.2. The van der Waals surface area contributed by atoms with E-state index in [4.69, 9.17) is 0 Å². The van der Waals surface area contributed by atoms with E-state index >= 15 is 0 Å². The van der Waals surface area contributed by atoms with Gasteiger partial charge in [-0.2, -0.15) is 0 Å². The summed E-state index contributed by atoms with van der Waals surface area (Å²) in [7, 11) is 0. The summed E-state index contributed by atoms with van der Waals surface area (Å²) in [5.41, 5.74) is 15.2. The first-order valence-electron chi connectivity index (χ1n) is 22.9. The lowest BCUT2D eigenvalue weighted by molar-refractivity contribution is 1.14. The molecular weight excluding hydrogens is 829 g/mol. The van der Waals surface area contributed by atoms with Gasteiger partial charge in [0.2, 0.25) is 0 Å². The quantitative estimate of drug-likeness (QED) is 0.138. The van der Waals surface area contributed by atoms with E-state index in [9.17, 15) is 0 Å². The maximum atomic E-state index is 2.52. The summed E-state index contributed by atoms with van der Waals surface area (Å²) in [5.74, 6) is 0. The van der Waals surface area contributed by atoms with E-state index in [1.54, 1.807) is 0 Å². The lowest BCUT2D eigenvalue weighted by Gasteiger charge is -2.26. The maximum absolute atomic E-state index is 2.52. The Labute approximate surface area is 393 Å². The maximum Gasteiger partial charge on any atom is 0.0626 e. The molecule has 0 aliphatic heterocycles. The Balaban J connectivity index is 0.939. The molecule has 2 nitrogen and oxygen atoms in total. The largest absolute Gasteiger partial charge is 0.310 e. The van der Waals surface area contributed by atoms with E-state index in [0.717, 1.165) is 33.9 Å². The molecule has 3 heteroatoms. The second kappa shape index (κ2) is 16.2. The summed E-state index contributed by atoms with van der Waals surface area (Å²) in [6.45, 7) is 0. The van der Waals surface area contributed by atoms with E-state index in [0.29, 0.717) is 0 Å². The zero-order valence-electron chi connectivity index (χ0n) is 36.6. The molecule has 2 aromatic heterocycles. The van der Waals surface area contributed by atoms with Crippen molar-refractivity contribution in [1.82, 2.24) is 4.57 Å². The minimum Gasteiger partial charge on any atom is -0.310 e. The number of benzene rings is 11. The minimum absolute atomic E-state index is 1.10. The van der Waals surface area contributed by atoms with E-state index in [-0.39, 0.29) is 0 Å². The van der Waals surface area contributed by atoms with Crippen molar-refractivity contribution in [2.45, 2.75) is 0 Å². The van der Waals surface area contributed by atoms with Gasteiger partial charge in [-0.1, -0.05) is 200 Å².